The third-order valence-corrected chi connectivity index (χ3v) is 4.30. The van der Waals surface area contributed by atoms with Gasteiger partial charge in [-0.05, 0) is 42.0 Å². The Morgan fingerprint density at radius 3 is 2.50 bits per heavy atom. The van der Waals surface area contributed by atoms with E-state index in [9.17, 15) is 13.9 Å². The number of hydrogen-bond acceptors (Lipinski definition) is 1. The highest BCUT2D eigenvalue weighted by Crippen LogP contribution is 2.41. The van der Waals surface area contributed by atoms with Gasteiger partial charge in [0.25, 0.3) is 0 Å². The van der Waals surface area contributed by atoms with Gasteiger partial charge in [0.15, 0.2) is 0 Å². The second kappa shape index (κ2) is 5.26. The lowest BCUT2D eigenvalue weighted by Crippen LogP contribution is -2.20. The molecule has 2 aromatic rings. The highest BCUT2D eigenvalue weighted by molar-refractivity contribution is 9.10. The van der Waals surface area contributed by atoms with Crippen molar-refractivity contribution in [1.82, 2.24) is 0 Å². The van der Waals surface area contributed by atoms with Crippen molar-refractivity contribution in [3.05, 3.63) is 69.2 Å². The third kappa shape index (κ3) is 2.38. The van der Waals surface area contributed by atoms with Crippen LogP contribution in [0.3, 0.4) is 0 Å². The predicted octanol–water partition coefficient (Wildman–Crippen LogP) is 4.49. The Hall–Kier alpha value is -1.26. The molecule has 2 atom stereocenters. The smallest absolute Gasteiger partial charge is 0.133 e. The molecule has 1 aliphatic rings. The fraction of sp³-hybridized carbons (Fsp3) is 0.250. The minimum atomic E-state index is -1.12. The van der Waals surface area contributed by atoms with Gasteiger partial charge in [-0.15, -0.1) is 0 Å². The molecule has 0 aromatic heterocycles. The first-order chi connectivity index (χ1) is 9.56. The van der Waals surface area contributed by atoms with Crippen LogP contribution in [0.15, 0.2) is 40.9 Å². The quantitative estimate of drug-likeness (QED) is 0.874. The topological polar surface area (TPSA) is 20.2 Å². The van der Waals surface area contributed by atoms with Gasteiger partial charge in [-0.1, -0.05) is 40.2 Å². The molecule has 0 aliphatic heterocycles. The number of benzene rings is 2. The zero-order valence-corrected chi connectivity index (χ0v) is 12.2. The predicted molar refractivity (Wildman–Crippen MR) is 76.5 cm³/mol. The van der Waals surface area contributed by atoms with Crippen molar-refractivity contribution in [1.29, 1.82) is 0 Å². The minimum absolute atomic E-state index is 0.170. The summed E-state index contributed by atoms with van der Waals surface area (Å²) in [6, 6.07) is 10.3. The van der Waals surface area contributed by atoms with Gasteiger partial charge in [0.1, 0.15) is 11.6 Å². The molecule has 1 aliphatic carbocycles. The van der Waals surface area contributed by atoms with Crippen molar-refractivity contribution in [2.24, 2.45) is 0 Å². The molecule has 0 saturated heterocycles. The van der Waals surface area contributed by atoms with E-state index in [1.807, 2.05) is 24.3 Å². The molecule has 0 amide bonds. The number of aliphatic hydroxyl groups excluding tert-OH is 1. The summed E-state index contributed by atoms with van der Waals surface area (Å²) in [7, 11) is 0. The van der Waals surface area contributed by atoms with Crippen LogP contribution < -0.4 is 0 Å². The van der Waals surface area contributed by atoms with Crippen molar-refractivity contribution in [3.8, 4) is 0 Å². The van der Waals surface area contributed by atoms with Gasteiger partial charge < -0.3 is 5.11 Å². The van der Waals surface area contributed by atoms with Crippen LogP contribution in [0.1, 0.15) is 35.1 Å². The van der Waals surface area contributed by atoms with Crippen LogP contribution in [-0.2, 0) is 6.42 Å². The molecule has 0 fully saturated rings. The largest absolute Gasteiger partial charge is 0.388 e. The number of fused-ring (bicyclic) bond motifs is 1. The van der Waals surface area contributed by atoms with E-state index < -0.39 is 17.7 Å². The standard InChI is InChI=1S/C16H13BrF2O/c17-11-7-13(18)16(14(19)8-11)15(20)6-10-5-9-3-1-2-4-12(9)10/h1-4,7-8,10,15,20H,5-6H2. The van der Waals surface area contributed by atoms with Crippen LogP contribution in [0.5, 0.6) is 0 Å². The van der Waals surface area contributed by atoms with Gasteiger partial charge in [0.2, 0.25) is 0 Å². The molecule has 20 heavy (non-hydrogen) atoms. The van der Waals surface area contributed by atoms with E-state index in [0.29, 0.717) is 10.9 Å². The summed E-state index contributed by atoms with van der Waals surface area (Å²) in [4.78, 5) is 0. The summed E-state index contributed by atoms with van der Waals surface area (Å²) in [6.07, 6.45) is 0.0703. The Bertz CT molecular complexity index is 634. The van der Waals surface area contributed by atoms with Crippen molar-refractivity contribution in [2.75, 3.05) is 0 Å². The molecule has 4 heteroatoms. The van der Waals surface area contributed by atoms with Crippen molar-refractivity contribution in [2.45, 2.75) is 24.9 Å². The number of rotatable bonds is 3. The molecular formula is C16H13BrF2O. The van der Waals surface area contributed by atoms with Gasteiger partial charge in [-0.25, -0.2) is 8.78 Å². The van der Waals surface area contributed by atoms with Crippen LogP contribution in [0, 0.1) is 11.6 Å². The monoisotopic (exact) mass is 338 g/mol. The SMILES string of the molecule is OC(CC1Cc2ccccc21)c1c(F)cc(Br)cc1F. The van der Waals surface area contributed by atoms with E-state index in [1.54, 1.807) is 0 Å². The van der Waals surface area contributed by atoms with E-state index in [0.717, 1.165) is 6.42 Å². The van der Waals surface area contributed by atoms with E-state index in [1.165, 1.54) is 23.3 Å². The molecule has 0 saturated carbocycles. The van der Waals surface area contributed by atoms with Gasteiger partial charge in [0.05, 0.1) is 11.7 Å². The molecule has 3 rings (SSSR count). The Labute approximate surface area is 124 Å². The highest BCUT2D eigenvalue weighted by atomic mass is 79.9. The molecule has 2 unspecified atom stereocenters. The average Bonchev–Trinajstić information content (AvgIpc) is 2.34. The van der Waals surface area contributed by atoms with Crippen LogP contribution in [-0.4, -0.2) is 5.11 Å². The Kier molecular flexibility index (Phi) is 3.61. The maximum atomic E-state index is 13.8. The highest BCUT2D eigenvalue weighted by Gasteiger charge is 2.30. The van der Waals surface area contributed by atoms with Crippen LogP contribution in [0.2, 0.25) is 0 Å². The van der Waals surface area contributed by atoms with Gasteiger partial charge in [0, 0.05) is 4.47 Å². The first-order valence-electron chi connectivity index (χ1n) is 6.46. The Balaban J connectivity index is 1.80. The minimum Gasteiger partial charge on any atom is -0.388 e. The second-order valence-electron chi connectivity index (χ2n) is 5.13. The summed E-state index contributed by atoms with van der Waals surface area (Å²) < 4.78 is 27.9. The van der Waals surface area contributed by atoms with Gasteiger partial charge in [-0.3, -0.25) is 0 Å². The zero-order chi connectivity index (χ0) is 14.3. The fourth-order valence-electron chi connectivity index (χ4n) is 2.83. The summed E-state index contributed by atoms with van der Waals surface area (Å²) in [5.74, 6) is -1.25. The van der Waals surface area contributed by atoms with Gasteiger partial charge >= 0.3 is 0 Å². The molecule has 0 bridgehead atoms. The normalized spacial score (nSPS) is 18.3. The first-order valence-corrected chi connectivity index (χ1v) is 7.26. The number of aliphatic hydroxyl groups is 1. The summed E-state index contributed by atoms with van der Waals surface area (Å²) in [6.45, 7) is 0. The zero-order valence-electron chi connectivity index (χ0n) is 10.6. The second-order valence-corrected chi connectivity index (χ2v) is 6.05. The molecule has 0 spiro atoms. The summed E-state index contributed by atoms with van der Waals surface area (Å²) in [5.41, 5.74) is 2.18. The van der Waals surface area contributed by atoms with Crippen LogP contribution >= 0.6 is 15.9 Å². The van der Waals surface area contributed by atoms with E-state index in [-0.39, 0.29) is 11.5 Å². The molecule has 0 radical (unpaired) electrons. The lowest BCUT2D eigenvalue weighted by molar-refractivity contribution is 0.144. The summed E-state index contributed by atoms with van der Waals surface area (Å²) >= 11 is 3.03. The lowest BCUT2D eigenvalue weighted by Gasteiger charge is -2.31. The molecular weight excluding hydrogens is 326 g/mol. The van der Waals surface area contributed by atoms with Crippen molar-refractivity contribution < 1.29 is 13.9 Å². The first kappa shape index (κ1) is 13.7. The van der Waals surface area contributed by atoms with Gasteiger partial charge in [-0.2, -0.15) is 0 Å². The molecule has 1 nitrogen and oxygen atoms in total. The molecule has 1 N–H and O–H groups in total. The lowest BCUT2D eigenvalue weighted by atomic mass is 9.74. The number of hydrogen-bond donors (Lipinski definition) is 1. The van der Waals surface area contributed by atoms with Crippen LogP contribution in [0.25, 0.3) is 0 Å². The number of halogens is 3. The maximum absolute atomic E-state index is 13.8. The molecule has 104 valence electrons. The Morgan fingerprint density at radius 2 is 1.85 bits per heavy atom. The Morgan fingerprint density at radius 1 is 1.20 bits per heavy atom. The fourth-order valence-corrected chi connectivity index (χ4v) is 3.23. The van der Waals surface area contributed by atoms with E-state index in [4.69, 9.17) is 0 Å². The molecule has 0 heterocycles. The van der Waals surface area contributed by atoms with E-state index in [2.05, 4.69) is 15.9 Å². The van der Waals surface area contributed by atoms with Crippen molar-refractivity contribution >= 4 is 15.9 Å². The maximum Gasteiger partial charge on any atom is 0.133 e. The third-order valence-electron chi connectivity index (χ3n) is 3.85. The summed E-state index contributed by atoms with van der Waals surface area (Å²) in [5, 5.41) is 10.1. The van der Waals surface area contributed by atoms with E-state index >= 15 is 0 Å². The van der Waals surface area contributed by atoms with Crippen molar-refractivity contribution in [3.63, 3.8) is 0 Å². The molecule has 2 aromatic carbocycles. The average molecular weight is 339 g/mol. The van der Waals surface area contributed by atoms with Crippen LogP contribution in [0.4, 0.5) is 8.78 Å².